The quantitative estimate of drug-likeness (QED) is 0.899. The van der Waals surface area contributed by atoms with Gasteiger partial charge in [-0.3, -0.25) is 4.79 Å². The highest BCUT2D eigenvalue weighted by Gasteiger charge is 2.32. The Balaban J connectivity index is 1.79. The molecule has 1 aromatic rings. The van der Waals surface area contributed by atoms with Crippen molar-refractivity contribution in [1.82, 2.24) is 10.3 Å². The normalized spacial score (nSPS) is 16.7. The minimum atomic E-state index is -4.46. The van der Waals surface area contributed by atoms with Crippen molar-refractivity contribution in [2.45, 2.75) is 31.9 Å². The van der Waals surface area contributed by atoms with E-state index in [-0.39, 0.29) is 5.91 Å². The molecule has 116 valence electrons. The number of carbonyl (C=O) groups is 1. The van der Waals surface area contributed by atoms with Gasteiger partial charge in [0.1, 0.15) is 5.69 Å². The average molecular weight is 301 g/mol. The highest BCUT2D eigenvalue weighted by Crippen LogP contribution is 2.27. The molecular formula is C14H18F3N3O. The molecule has 1 amide bonds. The molecule has 21 heavy (non-hydrogen) atoms. The standard InChI is InChI=1S/C14H18F3N3O/c15-14(16,17)12-3-2-11(9-19-12)20-13(21)4-1-10-5-7-18-8-6-10/h2-3,9-10,18H,1,4-8H2,(H,20,21). The fourth-order valence-electron chi connectivity index (χ4n) is 2.36. The number of nitrogens with one attached hydrogen (secondary N) is 2. The minimum Gasteiger partial charge on any atom is -0.325 e. The number of aromatic nitrogens is 1. The molecule has 1 aromatic heterocycles. The fraction of sp³-hybridized carbons (Fsp3) is 0.571. The van der Waals surface area contributed by atoms with Crippen LogP contribution in [0.4, 0.5) is 18.9 Å². The molecule has 0 unspecified atom stereocenters. The van der Waals surface area contributed by atoms with Crippen molar-refractivity contribution in [3.8, 4) is 0 Å². The van der Waals surface area contributed by atoms with E-state index in [1.165, 1.54) is 6.07 Å². The van der Waals surface area contributed by atoms with Gasteiger partial charge in [0.05, 0.1) is 11.9 Å². The first kappa shape index (κ1) is 15.8. The lowest BCUT2D eigenvalue weighted by atomic mass is 9.93. The second-order valence-electron chi connectivity index (χ2n) is 5.21. The minimum absolute atomic E-state index is 0.185. The molecule has 0 radical (unpaired) electrons. The predicted octanol–water partition coefficient (Wildman–Crippen LogP) is 2.82. The van der Waals surface area contributed by atoms with Crippen LogP contribution in [0.2, 0.25) is 0 Å². The maximum atomic E-state index is 12.4. The van der Waals surface area contributed by atoms with Crippen LogP contribution in [0.25, 0.3) is 0 Å². The summed E-state index contributed by atoms with van der Waals surface area (Å²) in [5.74, 6) is 0.359. The number of rotatable bonds is 4. The van der Waals surface area contributed by atoms with Crippen molar-refractivity contribution < 1.29 is 18.0 Å². The van der Waals surface area contributed by atoms with E-state index in [4.69, 9.17) is 0 Å². The zero-order chi connectivity index (χ0) is 15.3. The molecule has 2 rings (SSSR count). The molecule has 1 aliphatic heterocycles. The lowest BCUT2D eigenvalue weighted by molar-refractivity contribution is -0.141. The maximum absolute atomic E-state index is 12.4. The molecule has 0 aliphatic carbocycles. The van der Waals surface area contributed by atoms with Gasteiger partial charge in [-0.25, -0.2) is 4.98 Å². The number of anilines is 1. The van der Waals surface area contributed by atoms with E-state index in [0.29, 0.717) is 18.0 Å². The van der Waals surface area contributed by atoms with E-state index in [9.17, 15) is 18.0 Å². The van der Waals surface area contributed by atoms with Gasteiger partial charge in [0.15, 0.2) is 0 Å². The number of nitrogens with zero attached hydrogens (tertiary/aromatic N) is 1. The Hall–Kier alpha value is -1.63. The lowest BCUT2D eigenvalue weighted by Crippen LogP contribution is -2.28. The van der Waals surface area contributed by atoms with E-state index < -0.39 is 11.9 Å². The monoisotopic (exact) mass is 301 g/mol. The zero-order valence-corrected chi connectivity index (χ0v) is 11.5. The molecule has 2 heterocycles. The Bertz CT molecular complexity index is 467. The fourth-order valence-corrected chi connectivity index (χ4v) is 2.36. The number of halogens is 3. The van der Waals surface area contributed by atoms with Crippen molar-refractivity contribution in [2.24, 2.45) is 5.92 Å². The van der Waals surface area contributed by atoms with Gasteiger partial charge in [-0.05, 0) is 50.4 Å². The van der Waals surface area contributed by atoms with Crippen LogP contribution in [-0.2, 0) is 11.0 Å². The summed E-state index contributed by atoms with van der Waals surface area (Å²) in [6.07, 6.45) is -0.111. The second kappa shape index (κ2) is 6.89. The summed E-state index contributed by atoms with van der Waals surface area (Å²) < 4.78 is 37.1. The lowest BCUT2D eigenvalue weighted by Gasteiger charge is -2.22. The molecular weight excluding hydrogens is 283 g/mol. The average Bonchev–Trinajstić information content (AvgIpc) is 2.46. The zero-order valence-electron chi connectivity index (χ0n) is 11.5. The van der Waals surface area contributed by atoms with Crippen LogP contribution in [0.1, 0.15) is 31.4 Å². The van der Waals surface area contributed by atoms with Gasteiger partial charge in [0.25, 0.3) is 0 Å². The molecule has 0 atom stereocenters. The third kappa shape index (κ3) is 5.00. The number of hydrogen-bond acceptors (Lipinski definition) is 3. The largest absolute Gasteiger partial charge is 0.433 e. The Labute approximate surface area is 121 Å². The Morgan fingerprint density at radius 3 is 2.62 bits per heavy atom. The Kier molecular flexibility index (Phi) is 5.17. The molecule has 4 nitrogen and oxygen atoms in total. The van der Waals surface area contributed by atoms with Crippen LogP contribution in [-0.4, -0.2) is 24.0 Å². The van der Waals surface area contributed by atoms with Gasteiger partial charge >= 0.3 is 6.18 Å². The maximum Gasteiger partial charge on any atom is 0.433 e. The first-order chi connectivity index (χ1) is 9.95. The molecule has 0 saturated carbocycles. The van der Waals surface area contributed by atoms with Crippen LogP contribution in [0, 0.1) is 5.92 Å². The van der Waals surface area contributed by atoms with Gasteiger partial charge in [-0.2, -0.15) is 13.2 Å². The molecule has 0 aromatic carbocycles. The third-order valence-electron chi connectivity index (χ3n) is 3.58. The topological polar surface area (TPSA) is 54.0 Å². The van der Waals surface area contributed by atoms with Crippen LogP contribution in [0.15, 0.2) is 18.3 Å². The summed E-state index contributed by atoms with van der Waals surface area (Å²) in [5, 5.41) is 5.83. The molecule has 0 spiro atoms. The van der Waals surface area contributed by atoms with Crippen molar-refractivity contribution >= 4 is 11.6 Å². The molecule has 2 N–H and O–H groups in total. The molecule has 1 saturated heterocycles. The van der Waals surface area contributed by atoms with Gasteiger partial charge in [0.2, 0.25) is 5.91 Å². The summed E-state index contributed by atoms with van der Waals surface area (Å²) >= 11 is 0. The molecule has 1 fully saturated rings. The van der Waals surface area contributed by atoms with E-state index in [1.54, 1.807) is 0 Å². The van der Waals surface area contributed by atoms with E-state index in [2.05, 4.69) is 15.6 Å². The van der Waals surface area contributed by atoms with E-state index >= 15 is 0 Å². The smallest absolute Gasteiger partial charge is 0.325 e. The first-order valence-corrected chi connectivity index (χ1v) is 6.99. The third-order valence-corrected chi connectivity index (χ3v) is 3.58. The van der Waals surface area contributed by atoms with Gasteiger partial charge < -0.3 is 10.6 Å². The number of pyridine rings is 1. The number of hydrogen-bond donors (Lipinski definition) is 2. The van der Waals surface area contributed by atoms with Crippen molar-refractivity contribution in [1.29, 1.82) is 0 Å². The number of alkyl halides is 3. The Morgan fingerprint density at radius 1 is 1.33 bits per heavy atom. The second-order valence-corrected chi connectivity index (χ2v) is 5.21. The van der Waals surface area contributed by atoms with Crippen LogP contribution < -0.4 is 10.6 Å². The number of piperidine rings is 1. The molecule has 7 heteroatoms. The predicted molar refractivity (Wildman–Crippen MR) is 72.7 cm³/mol. The first-order valence-electron chi connectivity index (χ1n) is 6.99. The SMILES string of the molecule is O=C(CCC1CCNCC1)Nc1ccc(C(F)(F)F)nc1. The van der Waals surface area contributed by atoms with E-state index in [1.807, 2.05) is 0 Å². The van der Waals surface area contributed by atoms with E-state index in [0.717, 1.165) is 44.6 Å². The van der Waals surface area contributed by atoms with Crippen molar-refractivity contribution in [3.63, 3.8) is 0 Å². The highest BCUT2D eigenvalue weighted by molar-refractivity contribution is 5.90. The number of carbonyl (C=O) groups excluding carboxylic acids is 1. The van der Waals surface area contributed by atoms with Gasteiger partial charge in [-0.15, -0.1) is 0 Å². The molecule has 0 bridgehead atoms. The van der Waals surface area contributed by atoms with Crippen LogP contribution >= 0.6 is 0 Å². The van der Waals surface area contributed by atoms with Gasteiger partial charge in [0, 0.05) is 6.42 Å². The summed E-state index contributed by atoms with van der Waals surface area (Å²) in [4.78, 5) is 15.1. The van der Waals surface area contributed by atoms with Gasteiger partial charge in [-0.1, -0.05) is 0 Å². The van der Waals surface area contributed by atoms with Crippen molar-refractivity contribution in [2.75, 3.05) is 18.4 Å². The summed E-state index contributed by atoms with van der Waals surface area (Å²) in [6, 6.07) is 2.08. The summed E-state index contributed by atoms with van der Waals surface area (Å²) in [6.45, 7) is 1.96. The van der Waals surface area contributed by atoms with Crippen molar-refractivity contribution in [3.05, 3.63) is 24.0 Å². The van der Waals surface area contributed by atoms with Crippen LogP contribution in [0.3, 0.4) is 0 Å². The summed E-state index contributed by atoms with van der Waals surface area (Å²) in [5.41, 5.74) is -0.673. The van der Waals surface area contributed by atoms with Crippen LogP contribution in [0.5, 0.6) is 0 Å². The highest BCUT2D eigenvalue weighted by atomic mass is 19.4. The molecule has 1 aliphatic rings. The Morgan fingerprint density at radius 2 is 2.05 bits per heavy atom. The summed E-state index contributed by atoms with van der Waals surface area (Å²) in [7, 11) is 0. The number of amides is 1.